The van der Waals surface area contributed by atoms with Gasteiger partial charge >= 0.3 is 0 Å². The summed E-state index contributed by atoms with van der Waals surface area (Å²) in [7, 11) is 0. The Balaban J connectivity index is 1.62. The molecule has 1 aromatic rings. The molecule has 1 N–H and O–H groups in total. The molecule has 2 aliphatic rings. The number of nitrogens with zero attached hydrogens (tertiary/aromatic N) is 3. The molecule has 0 aliphatic carbocycles. The third kappa shape index (κ3) is 2.81. The van der Waals surface area contributed by atoms with Gasteiger partial charge in [0, 0.05) is 19.1 Å². The lowest BCUT2D eigenvalue weighted by molar-refractivity contribution is 0.169. The van der Waals surface area contributed by atoms with Gasteiger partial charge in [-0.05, 0) is 50.9 Å². The van der Waals surface area contributed by atoms with Gasteiger partial charge in [-0.25, -0.2) is 0 Å². The van der Waals surface area contributed by atoms with Gasteiger partial charge in [0.15, 0.2) is 0 Å². The Hall–Kier alpha value is -1.13. The molecular weight excluding hydrogens is 250 g/mol. The molecule has 4 nitrogen and oxygen atoms in total. The van der Waals surface area contributed by atoms with Crippen LogP contribution in [0.4, 0.5) is 5.69 Å². The van der Waals surface area contributed by atoms with Gasteiger partial charge in [0.2, 0.25) is 0 Å². The first kappa shape index (κ1) is 13.8. The van der Waals surface area contributed by atoms with E-state index in [1.165, 1.54) is 38.0 Å². The molecule has 3 heterocycles. The molecule has 0 saturated carbocycles. The molecule has 0 amide bonds. The Bertz CT molecular complexity index is 428. The lowest BCUT2D eigenvalue weighted by atomic mass is 10.2. The number of rotatable bonds is 4. The van der Waals surface area contributed by atoms with Gasteiger partial charge in [0.1, 0.15) is 0 Å². The van der Waals surface area contributed by atoms with E-state index in [0.717, 1.165) is 24.8 Å². The smallest absolute Gasteiger partial charge is 0.0957 e. The molecule has 0 radical (unpaired) electrons. The van der Waals surface area contributed by atoms with E-state index in [1.54, 1.807) is 0 Å². The minimum atomic E-state index is -0.431. The number of hydrogen-bond donors (Lipinski definition) is 1. The lowest BCUT2D eigenvalue weighted by Gasteiger charge is -2.24. The summed E-state index contributed by atoms with van der Waals surface area (Å²) in [6, 6.07) is 4.79. The van der Waals surface area contributed by atoms with Crippen molar-refractivity contribution in [3.63, 3.8) is 0 Å². The lowest BCUT2D eigenvalue weighted by Crippen LogP contribution is -2.35. The van der Waals surface area contributed by atoms with Crippen LogP contribution >= 0.6 is 0 Å². The third-order valence-corrected chi connectivity index (χ3v) is 4.68. The predicted octanol–water partition coefficient (Wildman–Crippen LogP) is 2.20. The molecule has 3 rings (SSSR count). The van der Waals surface area contributed by atoms with Crippen LogP contribution in [-0.2, 0) is 0 Å². The van der Waals surface area contributed by atoms with E-state index in [4.69, 9.17) is 0 Å². The highest BCUT2D eigenvalue weighted by atomic mass is 16.3. The van der Waals surface area contributed by atoms with Crippen molar-refractivity contribution in [2.24, 2.45) is 0 Å². The van der Waals surface area contributed by atoms with Crippen LogP contribution in [0.2, 0.25) is 0 Å². The van der Waals surface area contributed by atoms with Crippen molar-refractivity contribution in [3.8, 4) is 0 Å². The van der Waals surface area contributed by atoms with E-state index in [0.29, 0.717) is 6.42 Å². The van der Waals surface area contributed by atoms with Crippen LogP contribution in [-0.4, -0.2) is 47.2 Å². The fourth-order valence-corrected chi connectivity index (χ4v) is 3.37. The fraction of sp³-hybridized carbons (Fsp3) is 0.688. The third-order valence-electron chi connectivity index (χ3n) is 4.68. The molecule has 4 heteroatoms. The van der Waals surface area contributed by atoms with Gasteiger partial charge in [-0.2, -0.15) is 0 Å². The number of hydrogen-bond acceptors (Lipinski definition) is 4. The maximum absolute atomic E-state index is 9.79. The van der Waals surface area contributed by atoms with E-state index in [-0.39, 0.29) is 0 Å². The van der Waals surface area contributed by atoms with E-state index < -0.39 is 6.10 Å². The molecule has 2 aliphatic heterocycles. The molecule has 1 aromatic heterocycles. The quantitative estimate of drug-likeness (QED) is 0.914. The molecule has 2 fully saturated rings. The number of aliphatic hydroxyl groups is 1. The molecule has 2 atom stereocenters. The van der Waals surface area contributed by atoms with Crippen molar-refractivity contribution in [2.75, 3.05) is 31.1 Å². The average molecular weight is 275 g/mol. The standard InChI is InChI=1S/C16H25N3O/c1-2-16(20)15-6-5-13(11-17-15)19-10-7-14(12-19)18-8-3-4-9-18/h5-6,11,14,16,20H,2-4,7-10,12H2,1H3. The second kappa shape index (κ2) is 6.10. The van der Waals surface area contributed by atoms with Gasteiger partial charge in [-0.3, -0.25) is 9.88 Å². The van der Waals surface area contributed by atoms with Crippen molar-refractivity contribution in [1.82, 2.24) is 9.88 Å². The number of likely N-dealkylation sites (tertiary alicyclic amines) is 1. The Kier molecular flexibility index (Phi) is 4.22. The number of pyridine rings is 1. The highest BCUT2D eigenvalue weighted by molar-refractivity contribution is 5.46. The molecule has 0 bridgehead atoms. The summed E-state index contributed by atoms with van der Waals surface area (Å²) in [5.74, 6) is 0. The van der Waals surface area contributed by atoms with Crippen molar-refractivity contribution in [1.29, 1.82) is 0 Å². The largest absolute Gasteiger partial charge is 0.387 e. The summed E-state index contributed by atoms with van der Waals surface area (Å²) in [4.78, 5) is 9.48. The van der Waals surface area contributed by atoms with Crippen molar-refractivity contribution >= 4 is 5.69 Å². The first-order chi connectivity index (χ1) is 9.78. The minimum Gasteiger partial charge on any atom is -0.387 e. The van der Waals surface area contributed by atoms with Gasteiger partial charge in [0.05, 0.1) is 23.7 Å². The summed E-state index contributed by atoms with van der Waals surface area (Å²) >= 11 is 0. The Morgan fingerprint density at radius 1 is 1.30 bits per heavy atom. The molecule has 2 saturated heterocycles. The normalized spacial score (nSPS) is 25.3. The van der Waals surface area contributed by atoms with Crippen LogP contribution < -0.4 is 4.90 Å². The summed E-state index contributed by atoms with van der Waals surface area (Å²) in [5, 5.41) is 9.79. The molecular formula is C16H25N3O. The molecule has 2 unspecified atom stereocenters. The van der Waals surface area contributed by atoms with Gasteiger partial charge in [-0.1, -0.05) is 6.92 Å². The number of anilines is 1. The van der Waals surface area contributed by atoms with Crippen LogP contribution in [0.3, 0.4) is 0 Å². The van der Waals surface area contributed by atoms with Crippen LogP contribution in [0.1, 0.15) is 44.4 Å². The topological polar surface area (TPSA) is 39.6 Å². The Morgan fingerprint density at radius 2 is 2.10 bits per heavy atom. The van der Waals surface area contributed by atoms with Gasteiger partial charge in [0.25, 0.3) is 0 Å². The zero-order valence-corrected chi connectivity index (χ0v) is 12.3. The maximum Gasteiger partial charge on any atom is 0.0957 e. The van der Waals surface area contributed by atoms with E-state index >= 15 is 0 Å². The molecule has 110 valence electrons. The SMILES string of the molecule is CCC(O)c1ccc(N2CCC(N3CCCC3)C2)cn1. The average Bonchev–Trinajstić information content (AvgIpc) is 3.17. The summed E-state index contributed by atoms with van der Waals surface area (Å²) < 4.78 is 0. The Labute approximate surface area is 121 Å². The van der Waals surface area contributed by atoms with Crippen molar-refractivity contribution in [2.45, 2.75) is 44.8 Å². The highest BCUT2D eigenvalue weighted by Gasteiger charge is 2.29. The summed E-state index contributed by atoms with van der Waals surface area (Å²) in [6.45, 7) is 6.77. The first-order valence-corrected chi connectivity index (χ1v) is 7.91. The van der Waals surface area contributed by atoms with Crippen LogP contribution in [0, 0.1) is 0 Å². The first-order valence-electron chi connectivity index (χ1n) is 7.91. The van der Waals surface area contributed by atoms with Crippen LogP contribution in [0.25, 0.3) is 0 Å². The molecule has 0 aromatic carbocycles. The van der Waals surface area contributed by atoms with Crippen molar-refractivity contribution < 1.29 is 5.11 Å². The van der Waals surface area contributed by atoms with E-state index in [1.807, 2.05) is 19.2 Å². The summed E-state index contributed by atoms with van der Waals surface area (Å²) in [6.07, 6.45) is 6.19. The van der Waals surface area contributed by atoms with E-state index in [9.17, 15) is 5.11 Å². The molecule has 0 spiro atoms. The number of aromatic nitrogens is 1. The highest BCUT2D eigenvalue weighted by Crippen LogP contribution is 2.25. The second-order valence-electron chi connectivity index (χ2n) is 6.00. The van der Waals surface area contributed by atoms with Crippen LogP contribution in [0.5, 0.6) is 0 Å². The Morgan fingerprint density at radius 3 is 2.75 bits per heavy atom. The van der Waals surface area contributed by atoms with Gasteiger partial charge < -0.3 is 10.0 Å². The zero-order valence-electron chi connectivity index (χ0n) is 12.3. The maximum atomic E-state index is 9.79. The molecule has 20 heavy (non-hydrogen) atoms. The fourth-order valence-electron chi connectivity index (χ4n) is 3.37. The van der Waals surface area contributed by atoms with E-state index in [2.05, 4.69) is 20.9 Å². The van der Waals surface area contributed by atoms with Gasteiger partial charge in [-0.15, -0.1) is 0 Å². The van der Waals surface area contributed by atoms with Crippen LogP contribution in [0.15, 0.2) is 18.3 Å². The minimum absolute atomic E-state index is 0.431. The second-order valence-corrected chi connectivity index (χ2v) is 6.00. The monoisotopic (exact) mass is 275 g/mol. The predicted molar refractivity (Wildman–Crippen MR) is 80.9 cm³/mol. The number of aliphatic hydroxyl groups excluding tert-OH is 1. The summed E-state index contributed by atoms with van der Waals surface area (Å²) in [5.41, 5.74) is 1.98. The zero-order chi connectivity index (χ0) is 13.9. The van der Waals surface area contributed by atoms with Crippen molar-refractivity contribution in [3.05, 3.63) is 24.0 Å².